The molecule has 5 nitrogen and oxygen atoms in total. The van der Waals surface area contributed by atoms with E-state index in [-0.39, 0.29) is 0 Å². The van der Waals surface area contributed by atoms with Gasteiger partial charge in [0.25, 0.3) is 0 Å². The molecule has 0 saturated carbocycles. The lowest BCUT2D eigenvalue weighted by molar-refractivity contribution is 1.19. The Morgan fingerprint density at radius 1 is 0.480 bits per heavy atom. The molecular formula is C45H31N5. The maximum absolute atomic E-state index is 5.46. The van der Waals surface area contributed by atoms with Gasteiger partial charge in [0.2, 0.25) is 0 Å². The Morgan fingerprint density at radius 2 is 1.18 bits per heavy atom. The Balaban J connectivity index is 1.23. The molecule has 0 atom stereocenters. The van der Waals surface area contributed by atoms with Crippen LogP contribution in [-0.2, 0) is 0 Å². The molecule has 0 bridgehead atoms. The highest BCUT2D eigenvalue weighted by atomic mass is 15.0. The molecule has 0 spiro atoms. The summed E-state index contributed by atoms with van der Waals surface area (Å²) in [6.07, 6.45) is 5.79. The van der Waals surface area contributed by atoms with Crippen LogP contribution in [0.2, 0.25) is 0 Å². The summed E-state index contributed by atoms with van der Waals surface area (Å²) >= 11 is 0. The predicted molar refractivity (Wildman–Crippen MR) is 205 cm³/mol. The van der Waals surface area contributed by atoms with E-state index >= 15 is 0 Å². The third kappa shape index (κ3) is 5.27. The molecule has 5 aromatic carbocycles. The third-order valence-electron chi connectivity index (χ3n) is 9.17. The molecule has 0 saturated heterocycles. The zero-order chi connectivity index (χ0) is 33.3. The second kappa shape index (κ2) is 12.6. The van der Waals surface area contributed by atoms with Crippen molar-refractivity contribution >= 4 is 27.9 Å². The molecule has 236 valence electrons. The number of benzene rings is 5. The number of hydrogen-bond donors (Lipinski definition) is 1. The van der Waals surface area contributed by atoms with Crippen LogP contribution < -0.4 is 5.32 Å². The van der Waals surface area contributed by atoms with Crippen molar-refractivity contribution in [1.82, 2.24) is 19.4 Å². The Bertz CT molecular complexity index is 2620. The van der Waals surface area contributed by atoms with Gasteiger partial charge in [-0.25, -0.2) is 9.97 Å². The molecule has 50 heavy (non-hydrogen) atoms. The Hall–Kier alpha value is -6.85. The first-order valence-electron chi connectivity index (χ1n) is 16.7. The lowest BCUT2D eigenvalue weighted by Crippen LogP contribution is -2.00. The molecule has 9 aromatic rings. The van der Waals surface area contributed by atoms with Gasteiger partial charge < -0.3 is 5.32 Å². The molecule has 0 aliphatic carbocycles. The topological polar surface area (TPSA) is 55.1 Å². The number of hydrogen-bond acceptors (Lipinski definition) is 4. The van der Waals surface area contributed by atoms with Crippen molar-refractivity contribution in [3.05, 3.63) is 182 Å². The summed E-state index contributed by atoms with van der Waals surface area (Å²) in [5, 5.41) is 6.06. The highest BCUT2D eigenvalue weighted by Crippen LogP contribution is 2.42. The average molecular weight is 642 g/mol. The number of nitrogens with one attached hydrogen (secondary N) is 1. The quantitative estimate of drug-likeness (QED) is 0.188. The lowest BCUT2D eigenvalue weighted by Gasteiger charge is -2.15. The second-order valence-electron chi connectivity index (χ2n) is 12.2. The fourth-order valence-electron chi connectivity index (χ4n) is 6.81. The van der Waals surface area contributed by atoms with Gasteiger partial charge in [-0.3, -0.25) is 9.38 Å². The molecule has 0 unspecified atom stereocenters. The zero-order valence-corrected chi connectivity index (χ0v) is 27.1. The Morgan fingerprint density at radius 3 is 2.06 bits per heavy atom. The van der Waals surface area contributed by atoms with Crippen LogP contribution in [0.1, 0.15) is 0 Å². The molecule has 1 N–H and O–H groups in total. The van der Waals surface area contributed by atoms with E-state index in [4.69, 9.17) is 15.0 Å². The van der Waals surface area contributed by atoms with E-state index in [1.807, 2.05) is 42.7 Å². The highest BCUT2D eigenvalue weighted by molar-refractivity contribution is 6.02. The number of pyridine rings is 3. The van der Waals surface area contributed by atoms with E-state index < -0.39 is 0 Å². The van der Waals surface area contributed by atoms with E-state index in [9.17, 15) is 0 Å². The first-order valence-corrected chi connectivity index (χ1v) is 16.7. The van der Waals surface area contributed by atoms with E-state index in [2.05, 4.69) is 149 Å². The Kier molecular flexibility index (Phi) is 7.41. The monoisotopic (exact) mass is 641 g/mol. The van der Waals surface area contributed by atoms with Gasteiger partial charge in [0.1, 0.15) is 11.5 Å². The van der Waals surface area contributed by atoms with E-state index in [0.29, 0.717) is 0 Å². The van der Waals surface area contributed by atoms with Crippen molar-refractivity contribution in [3.8, 4) is 56.0 Å². The minimum atomic E-state index is 0.720. The van der Waals surface area contributed by atoms with Gasteiger partial charge in [-0.2, -0.15) is 0 Å². The number of aromatic nitrogens is 4. The van der Waals surface area contributed by atoms with Crippen LogP contribution >= 0.6 is 0 Å². The highest BCUT2D eigenvalue weighted by Gasteiger charge is 2.22. The van der Waals surface area contributed by atoms with Crippen LogP contribution in [-0.4, -0.2) is 19.4 Å². The van der Waals surface area contributed by atoms with Gasteiger partial charge in [0.05, 0.1) is 17.1 Å². The summed E-state index contributed by atoms with van der Waals surface area (Å²) in [5.41, 5.74) is 12.0. The van der Waals surface area contributed by atoms with Gasteiger partial charge in [-0.05, 0) is 69.9 Å². The van der Waals surface area contributed by atoms with Gasteiger partial charge in [-0.15, -0.1) is 0 Å². The molecule has 4 aromatic heterocycles. The number of anilines is 2. The van der Waals surface area contributed by atoms with Crippen LogP contribution in [0.5, 0.6) is 0 Å². The molecule has 9 rings (SSSR count). The summed E-state index contributed by atoms with van der Waals surface area (Å²) < 4.78 is 2.24. The summed E-state index contributed by atoms with van der Waals surface area (Å²) in [6, 6.07) is 56.6. The van der Waals surface area contributed by atoms with Crippen LogP contribution in [0.4, 0.5) is 11.5 Å². The molecule has 0 fully saturated rings. The summed E-state index contributed by atoms with van der Waals surface area (Å²) in [7, 11) is 0. The van der Waals surface area contributed by atoms with Crippen LogP contribution in [0, 0.1) is 0 Å². The number of nitrogens with zero attached hydrogens (tertiary/aromatic N) is 4. The lowest BCUT2D eigenvalue weighted by atomic mass is 9.98. The minimum Gasteiger partial charge on any atom is -0.339 e. The van der Waals surface area contributed by atoms with E-state index in [1.54, 1.807) is 0 Å². The zero-order valence-electron chi connectivity index (χ0n) is 27.1. The number of para-hydroxylation sites is 1. The van der Waals surface area contributed by atoms with Gasteiger partial charge in [0, 0.05) is 46.5 Å². The third-order valence-corrected chi connectivity index (χ3v) is 9.17. The van der Waals surface area contributed by atoms with Crippen molar-refractivity contribution in [3.63, 3.8) is 0 Å². The normalized spacial score (nSPS) is 11.2. The molecule has 0 aliphatic heterocycles. The molecule has 0 aliphatic rings. The first-order chi connectivity index (χ1) is 24.8. The maximum atomic E-state index is 5.46. The van der Waals surface area contributed by atoms with Crippen molar-refractivity contribution in [2.45, 2.75) is 0 Å². The molecule has 0 radical (unpaired) electrons. The SMILES string of the molecule is c1ccc(-c2ccnc(-c3cccnc3Nc3ccccc3-c3nc4c(-c5ccccc5)cccn4c3-c3cccc4ccccc34)c2)cc1. The smallest absolute Gasteiger partial charge is 0.145 e. The average Bonchev–Trinajstić information content (AvgIpc) is 3.58. The standard InChI is InChI=1S/C45H31N5/c1-3-14-31(15-4-1)34-26-28-46-41(30-34)39-23-12-27-47-44(39)48-40-25-10-9-21-38(40)42-43(37-22-11-19-32-18-7-8-20-35(32)37)50-29-13-24-36(45(50)49-42)33-16-5-2-6-17-33/h1-30H,(H,47,48). The fraction of sp³-hybridized carbons (Fsp3) is 0. The number of fused-ring (bicyclic) bond motifs is 2. The summed E-state index contributed by atoms with van der Waals surface area (Å²) in [6.45, 7) is 0. The largest absolute Gasteiger partial charge is 0.339 e. The van der Waals surface area contributed by atoms with E-state index in [0.717, 1.165) is 73.2 Å². The number of rotatable bonds is 7. The molecule has 0 amide bonds. The number of imidazole rings is 1. The van der Waals surface area contributed by atoms with Crippen LogP contribution in [0.15, 0.2) is 182 Å². The molecule has 4 heterocycles. The van der Waals surface area contributed by atoms with Gasteiger partial charge in [0.15, 0.2) is 0 Å². The predicted octanol–water partition coefficient (Wildman–Crippen LogP) is 11.4. The van der Waals surface area contributed by atoms with Crippen molar-refractivity contribution in [2.24, 2.45) is 0 Å². The second-order valence-corrected chi connectivity index (χ2v) is 12.2. The first kappa shape index (κ1) is 29.3. The molecule has 5 heteroatoms. The van der Waals surface area contributed by atoms with Crippen LogP contribution in [0.3, 0.4) is 0 Å². The summed E-state index contributed by atoms with van der Waals surface area (Å²) in [4.78, 5) is 15.1. The fourth-order valence-corrected chi connectivity index (χ4v) is 6.81. The Labute approximate surface area is 290 Å². The maximum Gasteiger partial charge on any atom is 0.145 e. The summed E-state index contributed by atoms with van der Waals surface area (Å²) in [5.74, 6) is 0.720. The van der Waals surface area contributed by atoms with Crippen molar-refractivity contribution in [2.75, 3.05) is 5.32 Å². The van der Waals surface area contributed by atoms with Crippen molar-refractivity contribution < 1.29 is 0 Å². The minimum absolute atomic E-state index is 0.720. The molecular weight excluding hydrogens is 611 g/mol. The van der Waals surface area contributed by atoms with Gasteiger partial charge in [-0.1, -0.05) is 121 Å². The van der Waals surface area contributed by atoms with Crippen LogP contribution in [0.25, 0.3) is 72.4 Å². The van der Waals surface area contributed by atoms with Gasteiger partial charge >= 0.3 is 0 Å². The van der Waals surface area contributed by atoms with E-state index in [1.165, 1.54) is 10.8 Å². The van der Waals surface area contributed by atoms with Crippen molar-refractivity contribution in [1.29, 1.82) is 0 Å².